The third-order valence-electron chi connectivity index (χ3n) is 2.54. The fraction of sp³-hybridized carbons (Fsp3) is 0.733. The van der Waals surface area contributed by atoms with Gasteiger partial charge in [-0.15, -0.1) is 6.42 Å². The SMILES string of the molecule is C#CCOCCOCCOCOCCCNC(=O)OC[C@H](N)C(=O)O. The molecule has 0 rings (SSSR count). The number of rotatable bonds is 16. The van der Waals surface area contributed by atoms with E-state index in [9.17, 15) is 9.59 Å². The van der Waals surface area contributed by atoms with Crippen molar-refractivity contribution in [3.63, 3.8) is 0 Å². The van der Waals surface area contributed by atoms with Crippen molar-refractivity contribution in [1.29, 1.82) is 0 Å². The summed E-state index contributed by atoms with van der Waals surface area (Å²) in [5.74, 6) is 1.12. The monoisotopic (exact) mass is 362 g/mol. The van der Waals surface area contributed by atoms with Gasteiger partial charge in [0.25, 0.3) is 0 Å². The second-order valence-corrected chi connectivity index (χ2v) is 4.63. The molecule has 0 aromatic rings. The van der Waals surface area contributed by atoms with E-state index in [1.54, 1.807) is 0 Å². The minimum atomic E-state index is -1.23. The van der Waals surface area contributed by atoms with Gasteiger partial charge in [0.05, 0.1) is 33.0 Å². The highest BCUT2D eigenvalue weighted by Gasteiger charge is 2.13. The molecular weight excluding hydrogens is 336 g/mol. The van der Waals surface area contributed by atoms with Gasteiger partial charge in [-0.2, -0.15) is 0 Å². The van der Waals surface area contributed by atoms with Gasteiger partial charge in [-0.3, -0.25) is 4.79 Å². The summed E-state index contributed by atoms with van der Waals surface area (Å²) < 4.78 is 25.2. The van der Waals surface area contributed by atoms with E-state index in [1.807, 2.05) is 0 Å². The zero-order valence-corrected chi connectivity index (χ0v) is 14.1. The van der Waals surface area contributed by atoms with Crippen LogP contribution in [0.2, 0.25) is 0 Å². The number of carboxylic acids is 1. The summed E-state index contributed by atoms with van der Waals surface area (Å²) in [4.78, 5) is 21.6. The lowest BCUT2D eigenvalue weighted by Gasteiger charge is -2.09. The molecule has 0 bridgehead atoms. The molecule has 25 heavy (non-hydrogen) atoms. The smallest absolute Gasteiger partial charge is 0.407 e. The van der Waals surface area contributed by atoms with Gasteiger partial charge in [-0.1, -0.05) is 5.92 Å². The summed E-state index contributed by atoms with van der Waals surface area (Å²) in [6.07, 6.45) is 4.84. The third kappa shape index (κ3) is 16.7. The van der Waals surface area contributed by atoms with E-state index < -0.39 is 18.1 Å². The van der Waals surface area contributed by atoms with E-state index in [1.165, 1.54) is 0 Å². The molecule has 0 saturated heterocycles. The van der Waals surface area contributed by atoms with E-state index in [0.29, 0.717) is 46.0 Å². The summed E-state index contributed by atoms with van der Waals surface area (Å²) in [5, 5.41) is 11.0. The Balaban J connectivity index is 3.22. The lowest BCUT2D eigenvalue weighted by Crippen LogP contribution is -2.38. The Hall–Kier alpha value is -1.90. The van der Waals surface area contributed by atoms with Gasteiger partial charge in [0, 0.05) is 6.54 Å². The highest BCUT2D eigenvalue weighted by molar-refractivity contribution is 5.74. The number of hydrogen-bond donors (Lipinski definition) is 3. The molecule has 144 valence electrons. The van der Waals surface area contributed by atoms with Crippen LogP contribution < -0.4 is 11.1 Å². The molecule has 0 radical (unpaired) electrons. The average Bonchev–Trinajstić information content (AvgIpc) is 2.59. The Kier molecular flexibility index (Phi) is 15.7. The molecule has 4 N–H and O–H groups in total. The van der Waals surface area contributed by atoms with Gasteiger partial charge in [-0.05, 0) is 6.42 Å². The predicted octanol–water partition coefficient (Wildman–Crippen LogP) is -0.828. The van der Waals surface area contributed by atoms with Crippen molar-refractivity contribution in [3.05, 3.63) is 0 Å². The summed E-state index contributed by atoms with van der Waals surface area (Å²) in [5.41, 5.74) is 5.18. The van der Waals surface area contributed by atoms with Crippen LogP contribution in [-0.2, 0) is 28.5 Å². The molecule has 0 heterocycles. The van der Waals surface area contributed by atoms with E-state index in [-0.39, 0.29) is 20.0 Å². The molecular formula is C15H26N2O8. The first-order chi connectivity index (χ1) is 12.1. The highest BCUT2D eigenvalue weighted by atomic mass is 16.7. The van der Waals surface area contributed by atoms with Crippen LogP contribution in [0, 0.1) is 12.3 Å². The van der Waals surface area contributed by atoms with Crippen molar-refractivity contribution in [1.82, 2.24) is 5.32 Å². The fourth-order valence-electron chi connectivity index (χ4n) is 1.30. The Morgan fingerprint density at radius 3 is 2.40 bits per heavy atom. The van der Waals surface area contributed by atoms with Crippen LogP contribution in [0.25, 0.3) is 0 Å². The van der Waals surface area contributed by atoms with Crippen molar-refractivity contribution < 1.29 is 38.4 Å². The molecule has 0 spiro atoms. The number of nitrogens with one attached hydrogen (secondary N) is 1. The molecule has 0 unspecified atom stereocenters. The van der Waals surface area contributed by atoms with Crippen molar-refractivity contribution >= 4 is 12.1 Å². The molecule has 0 aromatic heterocycles. The van der Waals surface area contributed by atoms with Crippen LogP contribution >= 0.6 is 0 Å². The van der Waals surface area contributed by atoms with Crippen LogP contribution in [-0.4, -0.2) is 82.8 Å². The number of amides is 1. The van der Waals surface area contributed by atoms with Gasteiger partial charge in [-0.25, -0.2) is 4.79 Å². The third-order valence-corrected chi connectivity index (χ3v) is 2.54. The van der Waals surface area contributed by atoms with Crippen LogP contribution in [0.15, 0.2) is 0 Å². The van der Waals surface area contributed by atoms with Crippen LogP contribution in [0.5, 0.6) is 0 Å². The summed E-state index contributed by atoms with van der Waals surface area (Å²) >= 11 is 0. The first kappa shape index (κ1) is 23.1. The van der Waals surface area contributed by atoms with E-state index in [0.717, 1.165) is 0 Å². The normalized spacial score (nSPS) is 11.5. The Bertz CT molecular complexity index is 399. The maximum Gasteiger partial charge on any atom is 0.407 e. The van der Waals surface area contributed by atoms with Crippen molar-refractivity contribution in [2.24, 2.45) is 5.73 Å². The van der Waals surface area contributed by atoms with Crippen LogP contribution in [0.4, 0.5) is 4.79 Å². The molecule has 1 amide bonds. The number of carbonyl (C=O) groups excluding carboxylic acids is 1. The van der Waals surface area contributed by atoms with Crippen LogP contribution in [0.3, 0.4) is 0 Å². The lowest BCUT2D eigenvalue weighted by atomic mass is 10.3. The highest BCUT2D eigenvalue weighted by Crippen LogP contribution is 1.87. The molecule has 0 aliphatic rings. The maximum atomic E-state index is 11.2. The molecule has 0 fully saturated rings. The molecule has 0 saturated carbocycles. The Morgan fingerprint density at radius 1 is 1.08 bits per heavy atom. The second kappa shape index (κ2) is 16.9. The second-order valence-electron chi connectivity index (χ2n) is 4.63. The van der Waals surface area contributed by atoms with Crippen LogP contribution in [0.1, 0.15) is 6.42 Å². The fourth-order valence-corrected chi connectivity index (χ4v) is 1.30. The van der Waals surface area contributed by atoms with Gasteiger partial charge in [0.2, 0.25) is 0 Å². The van der Waals surface area contributed by atoms with E-state index in [4.69, 9.17) is 36.2 Å². The maximum absolute atomic E-state index is 11.2. The minimum absolute atomic E-state index is 0.120. The molecule has 10 nitrogen and oxygen atoms in total. The number of terminal acetylenes is 1. The number of carbonyl (C=O) groups is 2. The zero-order chi connectivity index (χ0) is 18.8. The molecule has 0 aromatic carbocycles. The first-order valence-corrected chi connectivity index (χ1v) is 7.71. The zero-order valence-electron chi connectivity index (χ0n) is 14.1. The topological polar surface area (TPSA) is 139 Å². The van der Waals surface area contributed by atoms with E-state index >= 15 is 0 Å². The number of aliphatic carboxylic acids is 1. The molecule has 0 aliphatic heterocycles. The average molecular weight is 362 g/mol. The van der Waals surface area contributed by atoms with Gasteiger partial charge < -0.3 is 39.8 Å². The number of hydrogen-bond acceptors (Lipinski definition) is 8. The number of alkyl carbamates (subject to hydrolysis) is 1. The summed E-state index contributed by atoms with van der Waals surface area (Å²) in [7, 11) is 0. The van der Waals surface area contributed by atoms with Gasteiger partial charge >= 0.3 is 12.1 Å². The summed E-state index contributed by atoms with van der Waals surface area (Å²) in [6.45, 7) is 2.42. The first-order valence-electron chi connectivity index (χ1n) is 7.71. The molecule has 0 aliphatic carbocycles. The molecule has 10 heteroatoms. The Morgan fingerprint density at radius 2 is 1.72 bits per heavy atom. The predicted molar refractivity (Wildman–Crippen MR) is 86.8 cm³/mol. The van der Waals surface area contributed by atoms with Gasteiger partial charge in [0.1, 0.15) is 26.0 Å². The molecule has 1 atom stereocenters. The number of carboxylic acid groups (broad SMARTS) is 1. The van der Waals surface area contributed by atoms with Crippen molar-refractivity contribution in [2.45, 2.75) is 12.5 Å². The standard InChI is InChI=1S/C15H26N2O8/c1-2-5-21-7-8-22-9-10-24-12-23-6-3-4-17-15(20)25-11-13(16)14(18)19/h1,13H,3-12,16H2,(H,17,20)(H,18,19)/t13-/m0/s1. The van der Waals surface area contributed by atoms with E-state index in [2.05, 4.69) is 16.0 Å². The number of ether oxygens (including phenoxy) is 5. The van der Waals surface area contributed by atoms with Gasteiger partial charge in [0.15, 0.2) is 0 Å². The lowest BCUT2D eigenvalue weighted by molar-refractivity contribution is -0.139. The van der Waals surface area contributed by atoms with Crippen molar-refractivity contribution in [3.8, 4) is 12.3 Å². The van der Waals surface area contributed by atoms with Crippen molar-refractivity contribution in [2.75, 3.05) is 59.6 Å². The Labute approximate surface area is 146 Å². The number of nitrogens with two attached hydrogens (primary N) is 1. The quantitative estimate of drug-likeness (QED) is 0.182. The largest absolute Gasteiger partial charge is 0.480 e. The summed E-state index contributed by atoms with van der Waals surface area (Å²) in [6, 6.07) is -1.23. The minimum Gasteiger partial charge on any atom is -0.480 e.